The molecular formula is C22H26N4O2. The highest BCUT2D eigenvalue weighted by Gasteiger charge is 2.24. The van der Waals surface area contributed by atoms with Crippen LogP contribution < -0.4 is 15.0 Å². The van der Waals surface area contributed by atoms with Crippen molar-refractivity contribution in [2.45, 2.75) is 19.4 Å². The largest absolute Gasteiger partial charge is 0.497 e. The average molecular weight is 378 g/mol. The van der Waals surface area contributed by atoms with E-state index >= 15 is 0 Å². The highest BCUT2D eigenvalue weighted by molar-refractivity contribution is 5.94. The summed E-state index contributed by atoms with van der Waals surface area (Å²) < 4.78 is 5.15. The highest BCUT2D eigenvalue weighted by atomic mass is 16.5. The van der Waals surface area contributed by atoms with Crippen molar-refractivity contribution in [3.63, 3.8) is 0 Å². The maximum Gasteiger partial charge on any atom is 0.241 e. The van der Waals surface area contributed by atoms with Gasteiger partial charge in [-0.15, -0.1) is 0 Å². The molecular weight excluding hydrogens is 352 g/mol. The number of nitrogens with zero attached hydrogens (tertiary/aromatic N) is 3. The Balaban J connectivity index is 1.61. The fraction of sp³-hybridized carbons (Fsp3) is 0.364. The third-order valence-corrected chi connectivity index (χ3v) is 5.18. The number of ether oxygens (including phenoxy) is 1. The summed E-state index contributed by atoms with van der Waals surface area (Å²) in [6.07, 6.45) is 0.944. The number of rotatable bonds is 5. The van der Waals surface area contributed by atoms with Crippen molar-refractivity contribution in [2.24, 2.45) is 0 Å². The van der Waals surface area contributed by atoms with Crippen LogP contribution in [0.5, 0.6) is 5.75 Å². The van der Waals surface area contributed by atoms with Gasteiger partial charge in [-0.3, -0.25) is 9.69 Å². The Morgan fingerprint density at radius 2 is 1.86 bits per heavy atom. The first-order chi connectivity index (χ1) is 13.6. The molecule has 1 saturated heterocycles. The minimum atomic E-state index is -0.228. The van der Waals surface area contributed by atoms with Crippen LogP contribution in [0.3, 0.4) is 0 Å². The molecule has 0 saturated carbocycles. The lowest BCUT2D eigenvalue weighted by Gasteiger charge is -2.27. The van der Waals surface area contributed by atoms with Crippen LogP contribution in [0.1, 0.15) is 18.9 Å². The van der Waals surface area contributed by atoms with Crippen LogP contribution in [0.2, 0.25) is 0 Å². The minimum Gasteiger partial charge on any atom is -0.497 e. The number of nitrogens with one attached hydrogen (secondary N) is 1. The Kier molecular flexibility index (Phi) is 6.51. The minimum absolute atomic E-state index is 0.0176. The molecule has 6 nitrogen and oxygen atoms in total. The molecule has 0 spiro atoms. The van der Waals surface area contributed by atoms with Crippen molar-refractivity contribution in [3.8, 4) is 11.8 Å². The van der Waals surface area contributed by atoms with Gasteiger partial charge >= 0.3 is 0 Å². The van der Waals surface area contributed by atoms with Gasteiger partial charge in [-0.25, -0.2) is 0 Å². The van der Waals surface area contributed by atoms with E-state index < -0.39 is 0 Å². The molecule has 2 aromatic rings. The number of methoxy groups -OCH3 is 1. The van der Waals surface area contributed by atoms with Gasteiger partial charge in [0.1, 0.15) is 11.8 Å². The molecule has 3 rings (SSSR count). The van der Waals surface area contributed by atoms with Gasteiger partial charge in [0, 0.05) is 31.9 Å². The van der Waals surface area contributed by atoms with Gasteiger partial charge in [-0.2, -0.15) is 5.26 Å². The fourth-order valence-corrected chi connectivity index (χ4v) is 3.50. The zero-order valence-corrected chi connectivity index (χ0v) is 16.4. The van der Waals surface area contributed by atoms with Crippen molar-refractivity contribution < 1.29 is 9.53 Å². The summed E-state index contributed by atoms with van der Waals surface area (Å²) in [5, 5.41) is 12.3. The van der Waals surface area contributed by atoms with Gasteiger partial charge in [0.25, 0.3) is 0 Å². The predicted molar refractivity (Wildman–Crippen MR) is 111 cm³/mol. The maximum atomic E-state index is 12.7. The van der Waals surface area contributed by atoms with Crippen molar-refractivity contribution in [2.75, 3.05) is 43.5 Å². The summed E-state index contributed by atoms with van der Waals surface area (Å²) in [5.41, 5.74) is 2.43. The number of carbonyl (C=O) groups excluding carboxylic acids is 1. The molecule has 0 unspecified atom stereocenters. The number of amides is 1. The Morgan fingerprint density at radius 1 is 1.11 bits per heavy atom. The zero-order valence-electron chi connectivity index (χ0n) is 16.4. The lowest BCUT2D eigenvalue weighted by Crippen LogP contribution is -2.44. The second-order valence-corrected chi connectivity index (χ2v) is 6.90. The van der Waals surface area contributed by atoms with Gasteiger partial charge in [-0.1, -0.05) is 12.1 Å². The van der Waals surface area contributed by atoms with E-state index in [-0.39, 0.29) is 11.9 Å². The summed E-state index contributed by atoms with van der Waals surface area (Å²) in [7, 11) is 1.62. The number of para-hydroxylation sites is 1. The summed E-state index contributed by atoms with van der Waals surface area (Å²) in [6.45, 7) is 5.23. The van der Waals surface area contributed by atoms with E-state index in [0.717, 1.165) is 49.7 Å². The number of anilines is 2. The normalized spacial score (nSPS) is 16.0. The van der Waals surface area contributed by atoms with E-state index in [2.05, 4.69) is 21.2 Å². The summed E-state index contributed by atoms with van der Waals surface area (Å²) in [4.78, 5) is 17.1. The third kappa shape index (κ3) is 4.62. The summed E-state index contributed by atoms with van der Waals surface area (Å²) in [5.74, 6) is 0.743. The molecule has 28 heavy (non-hydrogen) atoms. The standard InChI is InChI=1S/C22H26N4O2/c1-17(22(27)24-19-8-10-20(28-2)11-9-19)25-12-5-13-26(15-14-25)21-7-4-3-6-18(21)16-23/h3-4,6-11,17H,5,12-15H2,1-2H3,(H,24,27)/t17-/m0/s1. The molecule has 0 aromatic heterocycles. The molecule has 1 N–H and O–H groups in total. The molecule has 1 aliphatic heterocycles. The molecule has 0 aliphatic carbocycles. The van der Waals surface area contributed by atoms with Crippen LogP contribution in [0.25, 0.3) is 0 Å². The monoisotopic (exact) mass is 378 g/mol. The molecule has 146 valence electrons. The fourth-order valence-electron chi connectivity index (χ4n) is 3.50. The van der Waals surface area contributed by atoms with Crippen molar-refractivity contribution in [1.29, 1.82) is 5.26 Å². The van der Waals surface area contributed by atoms with E-state index in [1.807, 2.05) is 55.5 Å². The Morgan fingerprint density at radius 3 is 2.57 bits per heavy atom. The molecule has 1 amide bonds. The van der Waals surface area contributed by atoms with E-state index in [9.17, 15) is 10.1 Å². The number of hydrogen-bond acceptors (Lipinski definition) is 5. The Bertz CT molecular complexity index is 844. The second-order valence-electron chi connectivity index (χ2n) is 6.90. The lowest BCUT2D eigenvalue weighted by atomic mass is 10.1. The lowest BCUT2D eigenvalue weighted by molar-refractivity contribution is -0.120. The van der Waals surface area contributed by atoms with Crippen LogP contribution in [0.4, 0.5) is 11.4 Å². The van der Waals surface area contributed by atoms with E-state index in [0.29, 0.717) is 5.56 Å². The van der Waals surface area contributed by atoms with Crippen molar-refractivity contribution in [1.82, 2.24) is 4.90 Å². The quantitative estimate of drug-likeness (QED) is 0.866. The van der Waals surface area contributed by atoms with Crippen LogP contribution in [0.15, 0.2) is 48.5 Å². The first kappa shape index (κ1) is 19.7. The first-order valence-electron chi connectivity index (χ1n) is 9.55. The van der Waals surface area contributed by atoms with E-state index in [4.69, 9.17) is 4.74 Å². The molecule has 1 fully saturated rings. The van der Waals surface area contributed by atoms with Gasteiger partial charge in [0.05, 0.1) is 24.4 Å². The van der Waals surface area contributed by atoms with Crippen LogP contribution in [-0.4, -0.2) is 50.1 Å². The summed E-state index contributed by atoms with van der Waals surface area (Å²) >= 11 is 0. The molecule has 1 atom stereocenters. The smallest absolute Gasteiger partial charge is 0.241 e. The van der Waals surface area contributed by atoms with Crippen LogP contribution >= 0.6 is 0 Å². The predicted octanol–water partition coefficient (Wildman–Crippen LogP) is 3.11. The van der Waals surface area contributed by atoms with Gasteiger partial charge < -0.3 is 15.0 Å². The highest BCUT2D eigenvalue weighted by Crippen LogP contribution is 2.22. The van der Waals surface area contributed by atoms with Crippen molar-refractivity contribution >= 4 is 17.3 Å². The molecule has 2 aromatic carbocycles. The molecule has 6 heteroatoms. The molecule has 0 bridgehead atoms. The first-order valence-corrected chi connectivity index (χ1v) is 9.55. The molecule has 1 aliphatic rings. The Labute approximate surface area is 166 Å². The molecule has 1 heterocycles. The SMILES string of the molecule is COc1ccc(NC(=O)[C@H](C)N2CCCN(c3ccccc3C#N)CC2)cc1. The number of benzene rings is 2. The Hall–Kier alpha value is -3.04. The average Bonchev–Trinajstić information content (AvgIpc) is 2.99. The number of carbonyl (C=O) groups is 1. The number of hydrogen-bond donors (Lipinski definition) is 1. The van der Waals surface area contributed by atoms with Crippen LogP contribution in [-0.2, 0) is 4.79 Å². The topological polar surface area (TPSA) is 68.6 Å². The van der Waals surface area contributed by atoms with E-state index in [1.54, 1.807) is 7.11 Å². The van der Waals surface area contributed by atoms with Crippen LogP contribution in [0, 0.1) is 11.3 Å². The van der Waals surface area contributed by atoms with E-state index in [1.165, 1.54) is 0 Å². The third-order valence-electron chi connectivity index (χ3n) is 5.18. The number of nitriles is 1. The van der Waals surface area contributed by atoms with Gasteiger partial charge in [-0.05, 0) is 49.7 Å². The zero-order chi connectivity index (χ0) is 19.9. The van der Waals surface area contributed by atoms with Gasteiger partial charge in [0.2, 0.25) is 5.91 Å². The summed E-state index contributed by atoms with van der Waals surface area (Å²) in [6, 6.07) is 17.1. The molecule has 0 radical (unpaired) electrons. The second kappa shape index (κ2) is 9.25. The van der Waals surface area contributed by atoms with Gasteiger partial charge in [0.15, 0.2) is 0 Å². The van der Waals surface area contributed by atoms with Crippen molar-refractivity contribution in [3.05, 3.63) is 54.1 Å². The maximum absolute atomic E-state index is 12.7.